The lowest BCUT2D eigenvalue weighted by atomic mass is 10.1. The molecule has 5 aromatic rings. The Kier molecular flexibility index (Phi) is 7.79. The summed E-state index contributed by atoms with van der Waals surface area (Å²) in [7, 11) is 2.66. The standard InChI is InChI=1S/C26H27N7O4S2/c1-16-17(14-39-25-29-18-8-4-5-9-19(18)30-25)7-6-10-20(16)38-12-11-27-21(34)13-32-15-28-23-22(32)24(35)31(2)26(36)33(23)37-3/h4-10,15H,11-14H2,1-3H3,(H,27,34)(H,29,30). The number of aromatic amines is 1. The molecule has 0 fully saturated rings. The molecule has 0 atom stereocenters. The number of carbonyl (C=O) groups is 1. The molecule has 202 valence electrons. The highest BCUT2D eigenvalue weighted by molar-refractivity contribution is 7.99. The van der Waals surface area contributed by atoms with Gasteiger partial charge < -0.3 is 19.7 Å². The van der Waals surface area contributed by atoms with Crippen molar-refractivity contribution < 1.29 is 9.63 Å². The van der Waals surface area contributed by atoms with Gasteiger partial charge in [-0.25, -0.2) is 14.8 Å². The molecule has 3 heterocycles. The van der Waals surface area contributed by atoms with Crippen LogP contribution < -0.4 is 21.4 Å². The van der Waals surface area contributed by atoms with Crippen molar-refractivity contribution >= 4 is 51.6 Å². The predicted octanol–water partition coefficient (Wildman–Crippen LogP) is 2.34. The van der Waals surface area contributed by atoms with E-state index in [2.05, 4.69) is 39.3 Å². The number of H-pyrrole nitrogens is 1. The van der Waals surface area contributed by atoms with E-state index in [0.29, 0.717) is 12.3 Å². The summed E-state index contributed by atoms with van der Waals surface area (Å²) in [5, 5.41) is 3.78. The highest BCUT2D eigenvalue weighted by Crippen LogP contribution is 2.29. The van der Waals surface area contributed by atoms with Gasteiger partial charge in [0.15, 0.2) is 10.7 Å². The van der Waals surface area contributed by atoms with E-state index in [1.165, 1.54) is 36.2 Å². The molecule has 0 unspecified atom stereocenters. The van der Waals surface area contributed by atoms with Crippen molar-refractivity contribution in [3.05, 3.63) is 80.8 Å². The summed E-state index contributed by atoms with van der Waals surface area (Å²) >= 11 is 3.35. The lowest BCUT2D eigenvalue weighted by molar-refractivity contribution is -0.121. The molecule has 0 saturated carbocycles. The van der Waals surface area contributed by atoms with Gasteiger partial charge in [0.1, 0.15) is 13.7 Å². The summed E-state index contributed by atoms with van der Waals surface area (Å²) in [6.07, 6.45) is 1.35. The summed E-state index contributed by atoms with van der Waals surface area (Å²) < 4.78 is 3.26. The maximum Gasteiger partial charge on any atom is 0.365 e. The first kappa shape index (κ1) is 26.6. The highest BCUT2D eigenvalue weighted by Gasteiger charge is 2.18. The largest absolute Gasteiger partial charge is 0.411 e. The number of aromatic nitrogens is 6. The maximum atomic E-state index is 12.6. The van der Waals surface area contributed by atoms with Gasteiger partial charge in [0.2, 0.25) is 11.6 Å². The van der Waals surface area contributed by atoms with E-state index < -0.39 is 11.2 Å². The topological polar surface area (TPSA) is 129 Å². The van der Waals surface area contributed by atoms with E-state index in [4.69, 9.17) is 4.84 Å². The first-order valence-corrected chi connectivity index (χ1v) is 14.1. The van der Waals surface area contributed by atoms with E-state index in [1.54, 1.807) is 23.5 Å². The van der Waals surface area contributed by atoms with Crippen LogP contribution in [0, 0.1) is 6.92 Å². The Bertz CT molecular complexity index is 1750. The van der Waals surface area contributed by atoms with Crippen LogP contribution in [0.5, 0.6) is 0 Å². The first-order valence-electron chi connectivity index (χ1n) is 12.1. The molecule has 0 aliphatic heterocycles. The van der Waals surface area contributed by atoms with Crippen molar-refractivity contribution in [1.29, 1.82) is 0 Å². The molecule has 13 heteroatoms. The Hall–Kier alpha value is -3.97. The number of amides is 1. The van der Waals surface area contributed by atoms with Crippen molar-refractivity contribution in [2.24, 2.45) is 7.05 Å². The average Bonchev–Trinajstić information content (AvgIpc) is 3.54. The molecule has 39 heavy (non-hydrogen) atoms. The van der Waals surface area contributed by atoms with Crippen LogP contribution in [0.1, 0.15) is 11.1 Å². The van der Waals surface area contributed by atoms with Gasteiger partial charge in [-0.1, -0.05) is 36.0 Å². The average molecular weight is 566 g/mol. The highest BCUT2D eigenvalue weighted by atomic mass is 32.2. The molecule has 0 radical (unpaired) electrons. The molecular formula is C26H27N7O4S2. The summed E-state index contributed by atoms with van der Waals surface area (Å²) in [6, 6.07) is 14.2. The third-order valence-corrected chi connectivity index (χ3v) is 8.37. The third-order valence-electron chi connectivity index (χ3n) is 6.29. The van der Waals surface area contributed by atoms with Gasteiger partial charge in [-0.3, -0.25) is 14.2 Å². The predicted molar refractivity (Wildman–Crippen MR) is 152 cm³/mol. The summed E-state index contributed by atoms with van der Waals surface area (Å²) in [5.41, 5.74) is 3.44. The summed E-state index contributed by atoms with van der Waals surface area (Å²) in [4.78, 5) is 55.7. The second-order valence-corrected chi connectivity index (χ2v) is 10.9. The van der Waals surface area contributed by atoms with Gasteiger partial charge in [-0.15, -0.1) is 16.5 Å². The molecule has 0 aliphatic carbocycles. The van der Waals surface area contributed by atoms with Gasteiger partial charge >= 0.3 is 5.69 Å². The van der Waals surface area contributed by atoms with Gasteiger partial charge in [0, 0.05) is 30.0 Å². The number of benzene rings is 2. The molecule has 11 nitrogen and oxygen atoms in total. The van der Waals surface area contributed by atoms with E-state index >= 15 is 0 Å². The molecule has 0 spiro atoms. The lowest BCUT2D eigenvalue weighted by Crippen LogP contribution is -2.41. The minimum Gasteiger partial charge on any atom is -0.411 e. The molecule has 0 saturated heterocycles. The van der Waals surface area contributed by atoms with E-state index in [0.717, 1.165) is 36.1 Å². The molecule has 1 amide bonds. The van der Waals surface area contributed by atoms with Crippen molar-refractivity contribution in [1.82, 2.24) is 34.1 Å². The fraction of sp³-hybridized carbons (Fsp3) is 0.269. The van der Waals surface area contributed by atoms with Crippen molar-refractivity contribution in [2.45, 2.75) is 29.3 Å². The Labute approximate surface area is 231 Å². The Balaban J connectivity index is 1.16. The van der Waals surface area contributed by atoms with Crippen LogP contribution in [-0.2, 0) is 24.1 Å². The SMILES string of the molecule is COn1c(=O)n(C)c(=O)c2c1ncn2CC(=O)NCCSc1cccc(CSc2nc3ccccc3[nH]2)c1C. The third kappa shape index (κ3) is 5.45. The number of rotatable bonds is 10. The quantitative estimate of drug-likeness (QED) is 0.195. The maximum absolute atomic E-state index is 12.6. The number of hydrogen-bond donors (Lipinski definition) is 2. The number of imidazole rings is 2. The summed E-state index contributed by atoms with van der Waals surface area (Å²) in [5.74, 6) is 1.22. The first-order chi connectivity index (χ1) is 18.9. The lowest BCUT2D eigenvalue weighted by Gasteiger charge is -2.11. The van der Waals surface area contributed by atoms with Gasteiger partial charge in [-0.05, 0) is 36.2 Å². The van der Waals surface area contributed by atoms with Crippen molar-refractivity contribution in [3.8, 4) is 0 Å². The van der Waals surface area contributed by atoms with Crippen LogP contribution in [-0.4, -0.2) is 54.1 Å². The zero-order chi connectivity index (χ0) is 27.5. The number of carbonyl (C=O) groups excluding carboxylic acids is 1. The van der Waals surface area contributed by atoms with E-state index in [1.807, 2.05) is 30.3 Å². The van der Waals surface area contributed by atoms with E-state index in [-0.39, 0.29) is 23.6 Å². The normalized spacial score (nSPS) is 11.4. The number of hydrogen-bond acceptors (Lipinski definition) is 8. The van der Waals surface area contributed by atoms with Crippen LogP contribution in [0.3, 0.4) is 0 Å². The zero-order valence-electron chi connectivity index (χ0n) is 21.6. The van der Waals surface area contributed by atoms with Crippen molar-refractivity contribution in [3.63, 3.8) is 0 Å². The number of nitrogens with one attached hydrogen (secondary N) is 2. The Morgan fingerprint density at radius 2 is 1.95 bits per heavy atom. The molecule has 0 bridgehead atoms. The second kappa shape index (κ2) is 11.4. The number of fused-ring (bicyclic) bond motifs is 2. The minimum atomic E-state index is -0.644. The van der Waals surface area contributed by atoms with Gasteiger partial charge in [0.25, 0.3) is 5.56 Å². The van der Waals surface area contributed by atoms with Crippen LogP contribution in [0.2, 0.25) is 0 Å². The van der Waals surface area contributed by atoms with Gasteiger partial charge in [-0.2, -0.15) is 0 Å². The number of nitrogens with zero attached hydrogens (tertiary/aromatic N) is 5. The molecule has 3 aromatic heterocycles. The molecule has 2 N–H and O–H groups in total. The van der Waals surface area contributed by atoms with Crippen LogP contribution in [0.4, 0.5) is 0 Å². The fourth-order valence-electron chi connectivity index (χ4n) is 4.17. The summed E-state index contributed by atoms with van der Waals surface area (Å²) in [6.45, 7) is 2.46. The van der Waals surface area contributed by atoms with Gasteiger partial charge in [0.05, 0.1) is 17.4 Å². The van der Waals surface area contributed by atoms with Crippen molar-refractivity contribution in [2.75, 3.05) is 19.4 Å². The van der Waals surface area contributed by atoms with Crippen LogP contribution in [0.25, 0.3) is 22.2 Å². The molecule has 0 aliphatic rings. The Morgan fingerprint density at radius 3 is 2.74 bits per heavy atom. The molecule has 2 aromatic carbocycles. The molecule has 5 rings (SSSR count). The minimum absolute atomic E-state index is 0.0720. The molecular weight excluding hydrogens is 538 g/mol. The smallest absolute Gasteiger partial charge is 0.365 e. The van der Waals surface area contributed by atoms with Crippen LogP contribution in [0.15, 0.2) is 68.4 Å². The zero-order valence-corrected chi connectivity index (χ0v) is 23.3. The van der Waals surface area contributed by atoms with E-state index in [9.17, 15) is 14.4 Å². The second-order valence-electron chi connectivity index (χ2n) is 8.75. The number of thioether (sulfide) groups is 2. The Morgan fingerprint density at radius 1 is 1.13 bits per heavy atom. The number of para-hydroxylation sites is 2. The fourth-order valence-corrected chi connectivity index (χ4v) is 6.07. The van der Waals surface area contributed by atoms with Crippen LogP contribution >= 0.6 is 23.5 Å². The monoisotopic (exact) mass is 565 g/mol.